The van der Waals surface area contributed by atoms with Crippen molar-refractivity contribution in [3.05, 3.63) is 70.0 Å². The number of nitrogens with one attached hydrogen (secondary N) is 1. The molecule has 1 N–H and O–H groups in total. The summed E-state index contributed by atoms with van der Waals surface area (Å²) < 4.78 is 1.70. The lowest BCUT2D eigenvalue weighted by Gasteiger charge is -2.19. The summed E-state index contributed by atoms with van der Waals surface area (Å²) in [6.45, 7) is 5.10. The molecule has 2 aromatic carbocycles. The highest BCUT2D eigenvalue weighted by atomic mass is 16.1. The highest BCUT2D eigenvalue weighted by Gasteiger charge is 2.24. The fraction of sp³-hybridized carbons (Fsp3) is 0.393. The molecule has 1 aliphatic rings. The van der Waals surface area contributed by atoms with E-state index in [0.717, 1.165) is 48.3 Å². The van der Waals surface area contributed by atoms with Gasteiger partial charge in [-0.05, 0) is 48.8 Å². The Morgan fingerprint density at radius 2 is 1.76 bits per heavy atom. The first-order valence-corrected chi connectivity index (χ1v) is 12.0. The summed E-state index contributed by atoms with van der Waals surface area (Å²) in [7, 11) is 1.82. The van der Waals surface area contributed by atoms with Crippen LogP contribution in [0.4, 0.5) is 5.82 Å². The average molecular weight is 441 g/mol. The van der Waals surface area contributed by atoms with Gasteiger partial charge >= 0.3 is 0 Å². The number of benzene rings is 2. The highest BCUT2D eigenvalue weighted by Crippen LogP contribution is 2.41. The number of nitrogens with zero attached hydrogens (tertiary/aromatic N) is 3. The van der Waals surface area contributed by atoms with Crippen LogP contribution in [0.1, 0.15) is 63.0 Å². The third-order valence-corrected chi connectivity index (χ3v) is 6.64. The van der Waals surface area contributed by atoms with Gasteiger partial charge in [0, 0.05) is 24.7 Å². The second kappa shape index (κ2) is 10.0. The van der Waals surface area contributed by atoms with Crippen molar-refractivity contribution in [1.29, 1.82) is 5.26 Å². The lowest BCUT2D eigenvalue weighted by Crippen LogP contribution is -2.27. The molecule has 1 saturated carbocycles. The molecule has 5 nitrogen and oxygen atoms in total. The number of hydrogen-bond acceptors (Lipinski definition) is 4. The average Bonchev–Trinajstić information content (AvgIpc) is 3.70. The first-order chi connectivity index (χ1) is 16.0. The summed E-state index contributed by atoms with van der Waals surface area (Å²) in [5, 5.41) is 12.5. The van der Waals surface area contributed by atoms with Crippen LogP contribution >= 0.6 is 0 Å². The maximum atomic E-state index is 13.3. The molecule has 33 heavy (non-hydrogen) atoms. The van der Waals surface area contributed by atoms with E-state index in [9.17, 15) is 10.1 Å². The Morgan fingerprint density at radius 3 is 2.33 bits per heavy atom. The van der Waals surface area contributed by atoms with Gasteiger partial charge in [-0.15, -0.1) is 0 Å². The molecule has 1 atom stereocenters. The van der Waals surface area contributed by atoms with Gasteiger partial charge in [-0.1, -0.05) is 63.1 Å². The van der Waals surface area contributed by atoms with E-state index in [2.05, 4.69) is 49.5 Å². The van der Waals surface area contributed by atoms with Gasteiger partial charge in [0.05, 0.1) is 23.0 Å². The van der Waals surface area contributed by atoms with Crippen LogP contribution in [-0.4, -0.2) is 16.1 Å². The largest absolute Gasteiger partial charge is 0.365 e. The SMILES string of the molecule is CCC[C@@H](CC)CNc1nc(-c2ccc(C#N)cc2)c(-c2ccc(C3CC3)cc2)n(C)c1=O. The normalized spacial score (nSPS) is 14.0. The Bertz CT molecular complexity index is 1200. The van der Waals surface area contributed by atoms with Gasteiger partial charge in [0.15, 0.2) is 5.82 Å². The van der Waals surface area contributed by atoms with E-state index < -0.39 is 0 Å². The van der Waals surface area contributed by atoms with Crippen LogP contribution in [0, 0.1) is 17.2 Å². The minimum absolute atomic E-state index is 0.125. The maximum Gasteiger partial charge on any atom is 0.293 e. The van der Waals surface area contributed by atoms with Crippen LogP contribution in [0.5, 0.6) is 0 Å². The smallest absolute Gasteiger partial charge is 0.293 e. The quantitative estimate of drug-likeness (QED) is 0.436. The van der Waals surface area contributed by atoms with Crippen LogP contribution in [0.2, 0.25) is 0 Å². The van der Waals surface area contributed by atoms with E-state index in [0.29, 0.717) is 23.2 Å². The summed E-state index contributed by atoms with van der Waals surface area (Å²) >= 11 is 0. The first-order valence-electron chi connectivity index (χ1n) is 12.0. The van der Waals surface area contributed by atoms with Crippen molar-refractivity contribution >= 4 is 5.82 Å². The molecule has 3 aromatic rings. The summed E-state index contributed by atoms with van der Waals surface area (Å²) in [6.07, 6.45) is 5.82. The molecule has 1 heterocycles. The van der Waals surface area contributed by atoms with Crippen molar-refractivity contribution in [2.45, 2.75) is 51.9 Å². The Kier molecular flexibility index (Phi) is 6.93. The van der Waals surface area contributed by atoms with Crippen molar-refractivity contribution in [3.63, 3.8) is 0 Å². The molecule has 0 spiro atoms. The molecule has 0 unspecified atom stereocenters. The lowest BCUT2D eigenvalue weighted by atomic mass is 10.00. The molecule has 0 radical (unpaired) electrons. The standard InChI is InChI=1S/C28H32N4O/c1-4-6-19(5-2)18-30-27-28(33)32(3)26(24-15-13-22(14-16-24)21-11-12-21)25(31-27)23-9-7-20(17-29)8-10-23/h7-10,13-16,19,21H,4-6,11-12,18H2,1-3H3,(H,30,31)/t19-/m1/s1. The van der Waals surface area contributed by atoms with Crippen molar-refractivity contribution in [2.75, 3.05) is 11.9 Å². The lowest BCUT2D eigenvalue weighted by molar-refractivity contribution is 0.487. The van der Waals surface area contributed by atoms with E-state index in [-0.39, 0.29) is 5.56 Å². The van der Waals surface area contributed by atoms with E-state index in [1.54, 1.807) is 16.7 Å². The van der Waals surface area contributed by atoms with Gasteiger partial charge in [0.1, 0.15) is 0 Å². The molecule has 0 saturated heterocycles. The zero-order chi connectivity index (χ0) is 23.4. The molecule has 1 aromatic heterocycles. The minimum atomic E-state index is -0.125. The van der Waals surface area contributed by atoms with Crippen molar-refractivity contribution in [1.82, 2.24) is 9.55 Å². The van der Waals surface area contributed by atoms with Crippen LogP contribution < -0.4 is 10.9 Å². The second-order valence-corrected chi connectivity index (χ2v) is 9.05. The van der Waals surface area contributed by atoms with Gasteiger partial charge in [-0.25, -0.2) is 4.98 Å². The van der Waals surface area contributed by atoms with Crippen molar-refractivity contribution < 1.29 is 0 Å². The molecule has 0 bridgehead atoms. The van der Waals surface area contributed by atoms with Crippen LogP contribution in [0.15, 0.2) is 53.3 Å². The number of aromatic nitrogens is 2. The Morgan fingerprint density at radius 1 is 1.09 bits per heavy atom. The molecule has 5 heteroatoms. The third kappa shape index (κ3) is 5.01. The fourth-order valence-electron chi connectivity index (χ4n) is 4.41. The number of nitriles is 1. The fourth-order valence-corrected chi connectivity index (χ4v) is 4.41. The Labute approximate surface area is 196 Å². The Balaban J connectivity index is 1.79. The highest BCUT2D eigenvalue weighted by molar-refractivity contribution is 5.79. The van der Waals surface area contributed by atoms with Crippen LogP contribution in [0.25, 0.3) is 22.5 Å². The minimum Gasteiger partial charge on any atom is -0.365 e. The second-order valence-electron chi connectivity index (χ2n) is 9.05. The summed E-state index contributed by atoms with van der Waals surface area (Å²) in [4.78, 5) is 18.1. The van der Waals surface area contributed by atoms with Crippen molar-refractivity contribution in [3.8, 4) is 28.6 Å². The monoisotopic (exact) mass is 440 g/mol. The van der Waals surface area contributed by atoms with Crippen molar-refractivity contribution in [2.24, 2.45) is 13.0 Å². The molecular formula is C28H32N4O. The van der Waals surface area contributed by atoms with Gasteiger partial charge in [0.25, 0.3) is 5.56 Å². The zero-order valence-electron chi connectivity index (χ0n) is 19.8. The number of anilines is 1. The predicted molar refractivity (Wildman–Crippen MR) is 134 cm³/mol. The van der Waals surface area contributed by atoms with Gasteiger partial charge in [-0.3, -0.25) is 4.79 Å². The summed E-state index contributed by atoms with van der Waals surface area (Å²) in [5.41, 5.74) is 5.22. The van der Waals surface area contributed by atoms with Crippen LogP contribution in [0.3, 0.4) is 0 Å². The molecule has 170 valence electrons. The predicted octanol–water partition coefficient (Wildman–Crippen LogP) is 6.10. The molecule has 0 amide bonds. The van der Waals surface area contributed by atoms with Crippen LogP contribution in [-0.2, 0) is 7.05 Å². The Hall–Kier alpha value is -3.39. The summed E-state index contributed by atoms with van der Waals surface area (Å²) in [5.74, 6) is 1.57. The van der Waals surface area contributed by atoms with E-state index in [4.69, 9.17) is 4.98 Å². The van der Waals surface area contributed by atoms with E-state index in [1.807, 2.05) is 19.2 Å². The number of hydrogen-bond donors (Lipinski definition) is 1. The topological polar surface area (TPSA) is 70.7 Å². The van der Waals surface area contributed by atoms with E-state index in [1.165, 1.54) is 18.4 Å². The molecule has 0 aliphatic heterocycles. The maximum absolute atomic E-state index is 13.3. The van der Waals surface area contributed by atoms with E-state index >= 15 is 0 Å². The first kappa shape index (κ1) is 22.8. The third-order valence-electron chi connectivity index (χ3n) is 6.64. The summed E-state index contributed by atoms with van der Waals surface area (Å²) in [6, 6.07) is 18.1. The molecule has 1 fully saturated rings. The molecule has 1 aliphatic carbocycles. The zero-order valence-corrected chi connectivity index (χ0v) is 19.8. The van der Waals surface area contributed by atoms with Gasteiger partial charge in [0.2, 0.25) is 0 Å². The van der Waals surface area contributed by atoms with Gasteiger partial charge < -0.3 is 9.88 Å². The molecular weight excluding hydrogens is 408 g/mol. The number of rotatable bonds is 9. The van der Waals surface area contributed by atoms with Gasteiger partial charge in [-0.2, -0.15) is 5.26 Å². The molecule has 4 rings (SSSR count).